The Hall–Kier alpha value is -2.61. The predicted octanol–water partition coefficient (Wildman–Crippen LogP) is 2.55. The van der Waals surface area contributed by atoms with Crippen molar-refractivity contribution in [2.24, 2.45) is 5.92 Å². The molecular formula is C16H11F3O5. The lowest BCUT2D eigenvalue weighted by atomic mass is 9.87. The van der Waals surface area contributed by atoms with Gasteiger partial charge in [0.05, 0.1) is 7.11 Å². The third-order valence-corrected chi connectivity index (χ3v) is 3.88. The number of aliphatic hydroxyl groups excluding tert-OH is 1. The van der Waals surface area contributed by atoms with Crippen molar-refractivity contribution in [3.63, 3.8) is 0 Å². The highest BCUT2D eigenvalue weighted by atomic mass is 19.4. The Kier molecular flexibility index (Phi) is 3.71. The Labute approximate surface area is 133 Å². The third-order valence-electron chi connectivity index (χ3n) is 3.88. The van der Waals surface area contributed by atoms with Gasteiger partial charge >= 0.3 is 12.1 Å². The van der Waals surface area contributed by atoms with Crippen molar-refractivity contribution >= 4 is 22.5 Å². The van der Waals surface area contributed by atoms with Crippen LogP contribution in [0, 0.1) is 5.92 Å². The van der Waals surface area contributed by atoms with E-state index in [0.717, 1.165) is 0 Å². The smallest absolute Gasteiger partial charge is 0.451 e. The van der Waals surface area contributed by atoms with E-state index in [-0.39, 0.29) is 11.3 Å². The van der Waals surface area contributed by atoms with Crippen molar-refractivity contribution in [3.05, 3.63) is 35.9 Å². The van der Waals surface area contributed by atoms with Crippen LogP contribution in [-0.2, 0) is 9.59 Å². The molecule has 0 saturated carbocycles. The average Bonchev–Trinajstić information content (AvgIpc) is 2.53. The number of Topliss-reactive ketones (excluding diaryl/α,β-unsaturated/α-hetero) is 1. The Balaban J connectivity index is 2.16. The fourth-order valence-corrected chi connectivity index (χ4v) is 2.74. The molecule has 3 rings (SSSR count). The summed E-state index contributed by atoms with van der Waals surface area (Å²) in [6.45, 7) is 0. The number of ether oxygens (including phenoxy) is 2. The highest BCUT2D eigenvalue weighted by Crippen LogP contribution is 2.44. The van der Waals surface area contributed by atoms with Gasteiger partial charge in [-0.25, -0.2) is 0 Å². The summed E-state index contributed by atoms with van der Waals surface area (Å²) in [6.07, 6.45) is -7.19. The number of aliphatic hydroxyl groups is 1. The molecule has 0 bridgehead atoms. The highest BCUT2D eigenvalue weighted by molar-refractivity contribution is 6.06. The highest BCUT2D eigenvalue weighted by Gasteiger charge is 2.52. The Morgan fingerprint density at radius 3 is 2.54 bits per heavy atom. The van der Waals surface area contributed by atoms with Crippen molar-refractivity contribution in [1.29, 1.82) is 0 Å². The molecule has 0 radical (unpaired) electrons. The molecule has 0 amide bonds. The summed E-state index contributed by atoms with van der Waals surface area (Å²) in [7, 11) is 1.44. The Bertz CT molecular complexity index is 843. The summed E-state index contributed by atoms with van der Waals surface area (Å²) in [5.41, 5.74) is -0.0575. The van der Waals surface area contributed by atoms with Crippen LogP contribution in [0.25, 0.3) is 10.8 Å². The second-order valence-corrected chi connectivity index (χ2v) is 5.24. The van der Waals surface area contributed by atoms with E-state index >= 15 is 0 Å². The molecule has 2 aromatic carbocycles. The van der Waals surface area contributed by atoms with Gasteiger partial charge in [0.2, 0.25) is 0 Å². The number of halogens is 3. The molecule has 0 spiro atoms. The minimum atomic E-state index is -5.25. The summed E-state index contributed by atoms with van der Waals surface area (Å²) in [5.74, 6) is -5.71. The van der Waals surface area contributed by atoms with Crippen LogP contribution in [0.5, 0.6) is 11.5 Å². The minimum absolute atomic E-state index is 0.0575. The lowest BCUT2D eigenvalue weighted by Crippen LogP contribution is -2.43. The van der Waals surface area contributed by atoms with E-state index < -0.39 is 30.0 Å². The van der Waals surface area contributed by atoms with Gasteiger partial charge in [0.1, 0.15) is 17.6 Å². The summed E-state index contributed by atoms with van der Waals surface area (Å²) < 4.78 is 48.0. The number of benzene rings is 2. The SMILES string of the molecule is COc1cccc2c3c(ccc12)C(O)C(C(=O)C(F)(F)F)C(=O)O3. The van der Waals surface area contributed by atoms with E-state index in [9.17, 15) is 27.9 Å². The van der Waals surface area contributed by atoms with Gasteiger partial charge in [-0.05, 0) is 6.07 Å². The number of esters is 1. The molecule has 126 valence electrons. The largest absolute Gasteiger partial charge is 0.496 e. The molecule has 2 atom stereocenters. The number of hydrogen-bond acceptors (Lipinski definition) is 5. The number of methoxy groups -OCH3 is 1. The van der Waals surface area contributed by atoms with Gasteiger partial charge in [-0.2, -0.15) is 13.2 Å². The molecule has 0 aliphatic carbocycles. The maximum atomic E-state index is 12.6. The first-order valence-electron chi connectivity index (χ1n) is 6.86. The number of alkyl halides is 3. The molecular weight excluding hydrogens is 329 g/mol. The van der Waals surface area contributed by atoms with Crippen molar-refractivity contribution in [3.8, 4) is 11.5 Å². The van der Waals surface area contributed by atoms with Gasteiger partial charge in [-0.3, -0.25) is 9.59 Å². The molecule has 1 heterocycles. The summed E-state index contributed by atoms with van der Waals surface area (Å²) in [5, 5.41) is 11.1. The first kappa shape index (κ1) is 16.3. The van der Waals surface area contributed by atoms with Crippen LogP contribution < -0.4 is 9.47 Å². The maximum Gasteiger partial charge on any atom is 0.451 e. The van der Waals surface area contributed by atoms with E-state index in [4.69, 9.17) is 9.47 Å². The van der Waals surface area contributed by atoms with Crippen LogP contribution in [-0.4, -0.2) is 30.1 Å². The van der Waals surface area contributed by atoms with Crippen molar-refractivity contribution in [1.82, 2.24) is 0 Å². The van der Waals surface area contributed by atoms with Crippen LogP contribution >= 0.6 is 0 Å². The topological polar surface area (TPSA) is 72.8 Å². The molecule has 2 aromatic rings. The first-order valence-corrected chi connectivity index (χ1v) is 6.86. The van der Waals surface area contributed by atoms with Crippen LogP contribution in [0.4, 0.5) is 13.2 Å². The number of rotatable bonds is 2. The predicted molar refractivity (Wildman–Crippen MR) is 75.6 cm³/mol. The van der Waals surface area contributed by atoms with Crippen LogP contribution in [0.1, 0.15) is 11.7 Å². The number of ketones is 1. The fourth-order valence-electron chi connectivity index (χ4n) is 2.74. The first-order chi connectivity index (χ1) is 11.3. The average molecular weight is 340 g/mol. The normalized spacial score (nSPS) is 20.5. The molecule has 1 aliphatic heterocycles. The standard InChI is InChI=1S/C16H11F3O5/c1-23-10-4-2-3-8-7(10)5-6-9-12(20)11(14(21)16(17,18)19)15(22)24-13(8)9/h2-6,11-12,20H,1H3. The van der Waals surface area contributed by atoms with Gasteiger partial charge in [-0.1, -0.05) is 24.3 Å². The van der Waals surface area contributed by atoms with Gasteiger partial charge in [-0.15, -0.1) is 0 Å². The van der Waals surface area contributed by atoms with E-state index in [0.29, 0.717) is 16.5 Å². The number of carbonyl (C=O) groups excluding carboxylic acids is 2. The monoisotopic (exact) mass is 340 g/mol. The number of fused-ring (bicyclic) bond motifs is 3. The second kappa shape index (κ2) is 5.48. The quantitative estimate of drug-likeness (QED) is 0.517. The summed E-state index contributed by atoms with van der Waals surface area (Å²) in [6, 6.07) is 7.67. The van der Waals surface area contributed by atoms with E-state index in [2.05, 4.69) is 0 Å². The van der Waals surface area contributed by atoms with Crippen molar-refractivity contribution in [2.45, 2.75) is 12.3 Å². The molecule has 5 nitrogen and oxygen atoms in total. The van der Waals surface area contributed by atoms with E-state index in [1.165, 1.54) is 19.2 Å². The molecule has 2 unspecified atom stereocenters. The molecule has 8 heteroatoms. The maximum absolute atomic E-state index is 12.6. The van der Waals surface area contributed by atoms with Crippen molar-refractivity contribution < 1.29 is 37.3 Å². The van der Waals surface area contributed by atoms with Crippen LogP contribution in [0.15, 0.2) is 30.3 Å². The van der Waals surface area contributed by atoms with Crippen LogP contribution in [0.2, 0.25) is 0 Å². The zero-order chi connectivity index (χ0) is 17.6. The van der Waals surface area contributed by atoms with Gasteiger partial charge in [0, 0.05) is 16.3 Å². The Morgan fingerprint density at radius 1 is 1.21 bits per heavy atom. The summed E-state index contributed by atoms with van der Waals surface area (Å²) in [4.78, 5) is 23.3. The lowest BCUT2D eigenvalue weighted by Gasteiger charge is -2.28. The minimum Gasteiger partial charge on any atom is -0.496 e. The zero-order valence-electron chi connectivity index (χ0n) is 12.3. The molecule has 1 N–H and O–H groups in total. The van der Waals surface area contributed by atoms with E-state index in [1.54, 1.807) is 18.2 Å². The van der Waals surface area contributed by atoms with Gasteiger partial charge in [0.25, 0.3) is 5.78 Å². The lowest BCUT2D eigenvalue weighted by molar-refractivity contribution is -0.184. The van der Waals surface area contributed by atoms with Gasteiger partial charge in [0.15, 0.2) is 5.92 Å². The van der Waals surface area contributed by atoms with E-state index in [1.807, 2.05) is 0 Å². The van der Waals surface area contributed by atoms with Crippen LogP contribution in [0.3, 0.4) is 0 Å². The van der Waals surface area contributed by atoms with Gasteiger partial charge < -0.3 is 14.6 Å². The number of hydrogen-bond donors (Lipinski definition) is 1. The fraction of sp³-hybridized carbons (Fsp3) is 0.250. The molecule has 1 aliphatic rings. The molecule has 0 aromatic heterocycles. The second-order valence-electron chi connectivity index (χ2n) is 5.24. The Morgan fingerprint density at radius 2 is 1.92 bits per heavy atom. The number of carbonyl (C=O) groups is 2. The molecule has 0 saturated heterocycles. The summed E-state index contributed by atoms with van der Waals surface area (Å²) >= 11 is 0. The molecule has 24 heavy (non-hydrogen) atoms. The third kappa shape index (κ3) is 2.39. The van der Waals surface area contributed by atoms with Crippen molar-refractivity contribution in [2.75, 3.05) is 7.11 Å². The molecule has 0 fully saturated rings. The zero-order valence-corrected chi connectivity index (χ0v) is 12.3.